The molecule has 1 heterocycles. The first-order valence-electron chi connectivity index (χ1n) is 6.00. The molecule has 0 amide bonds. The third-order valence-electron chi connectivity index (χ3n) is 3.03. The molecule has 6 heteroatoms. The van der Waals surface area contributed by atoms with Gasteiger partial charge in [-0.25, -0.2) is 13.1 Å². The molecule has 0 bridgehead atoms. The Morgan fingerprint density at radius 2 is 1.89 bits per heavy atom. The summed E-state index contributed by atoms with van der Waals surface area (Å²) in [5.74, 6) is 2.28. The Morgan fingerprint density at radius 1 is 1.22 bits per heavy atom. The van der Waals surface area contributed by atoms with Crippen LogP contribution in [-0.4, -0.2) is 33.0 Å². The number of hydrogen-bond donors (Lipinski definition) is 2. The largest absolute Gasteiger partial charge is 0.381 e. The first-order chi connectivity index (χ1) is 8.63. The van der Waals surface area contributed by atoms with Crippen LogP contribution in [-0.2, 0) is 10.0 Å². The molecule has 0 atom stereocenters. The van der Waals surface area contributed by atoms with Crippen molar-refractivity contribution in [3.8, 4) is 0 Å². The minimum absolute atomic E-state index is 0.325. The summed E-state index contributed by atoms with van der Waals surface area (Å²) in [7, 11) is -1.96. The summed E-state index contributed by atoms with van der Waals surface area (Å²) < 4.78 is 26.2. The fourth-order valence-electron chi connectivity index (χ4n) is 1.99. The van der Waals surface area contributed by atoms with Crippen LogP contribution in [0.4, 0.5) is 5.69 Å². The van der Waals surface area contributed by atoms with Gasteiger partial charge in [0.05, 0.1) is 5.69 Å². The van der Waals surface area contributed by atoms with Gasteiger partial charge in [0.1, 0.15) is 4.90 Å². The van der Waals surface area contributed by atoms with E-state index in [-0.39, 0.29) is 0 Å². The minimum atomic E-state index is -3.40. The average Bonchev–Trinajstić information content (AvgIpc) is 2.40. The Bertz CT molecular complexity index is 497. The molecule has 2 N–H and O–H groups in total. The second-order valence-electron chi connectivity index (χ2n) is 4.23. The molecule has 1 saturated heterocycles. The molecule has 0 unspecified atom stereocenters. The molecule has 4 nitrogen and oxygen atoms in total. The number of para-hydroxylation sites is 1. The summed E-state index contributed by atoms with van der Waals surface area (Å²) in [6, 6.07) is 7.43. The van der Waals surface area contributed by atoms with Crippen molar-refractivity contribution in [2.45, 2.75) is 23.8 Å². The van der Waals surface area contributed by atoms with E-state index < -0.39 is 10.0 Å². The summed E-state index contributed by atoms with van der Waals surface area (Å²) in [5.41, 5.74) is 0.698. The molecule has 1 aliphatic rings. The molecule has 100 valence electrons. The van der Waals surface area contributed by atoms with Crippen LogP contribution in [0.15, 0.2) is 29.2 Å². The molecular weight excluding hydrogens is 268 g/mol. The van der Waals surface area contributed by atoms with E-state index in [4.69, 9.17) is 0 Å². The fourth-order valence-corrected chi connectivity index (χ4v) is 3.99. The van der Waals surface area contributed by atoms with Gasteiger partial charge in [-0.1, -0.05) is 12.1 Å². The van der Waals surface area contributed by atoms with E-state index in [0.29, 0.717) is 16.6 Å². The van der Waals surface area contributed by atoms with E-state index in [2.05, 4.69) is 10.0 Å². The van der Waals surface area contributed by atoms with Gasteiger partial charge in [-0.2, -0.15) is 11.8 Å². The summed E-state index contributed by atoms with van der Waals surface area (Å²) in [6.45, 7) is 0. The Kier molecular flexibility index (Phi) is 4.53. The first-order valence-corrected chi connectivity index (χ1v) is 8.64. The van der Waals surface area contributed by atoms with Crippen LogP contribution in [0.1, 0.15) is 12.8 Å². The zero-order valence-corrected chi connectivity index (χ0v) is 12.0. The standard InChI is InChI=1S/C12H18N2O2S2/c1-13-18(15,16)12-5-3-2-4-11(12)14-10-6-8-17-9-7-10/h2-5,10,13-14H,6-9H2,1H3. The van der Waals surface area contributed by atoms with E-state index in [1.54, 1.807) is 12.1 Å². The maximum Gasteiger partial charge on any atom is 0.242 e. The van der Waals surface area contributed by atoms with Gasteiger partial charge in [0, 0.05) is 6.04 Å². The monoisotopic (exact) mass is 286 g/mol. The van der Waals surface area contributed by atoms with Gasteiger partial charge in [0.2, 0.25) is 10.0 Å². The molecule has 0 aliphatic carbocycles. The number of benzene rings is 1. The minimum Gasteiger partial charge on any atom is -0.381 e. The lowest BCUT2D eigenvalue weighted by Crippen LogP contribution is -2.27. The highest BCUT2D eigenvalue weighted by Gasteiger charge is 2.19. The fraction of sp³-hybridized carbons (Fsp3) is 0.500. The molecule has 1 aromatic rings. The van der Waals surface area contributed by atoms with E-state index in [1.165, 1.54) is 7.05 Å². The van der Waals surface area contributed by atoms with Gasteiger partial charge in [-0.3, -0.25) is 0 Å². The first kappa shape index (κ1) is 13.7. The van der Waals surface area contributed by atoms with E-state index in [0.717, 1.165) is 24.3 Å². The van der Waals surface area contributed by atoms with Gasteiger partial charge in [0.15, 0.2) is 0 Å². The van der Waals surface area contributed by atoms with E-state index in [1.807, 2.05) is 23.9 Å². The number of anilines is 1. The molecule has 0 saturated carbocycles. The van der Waals surface area contributed by atoms with Crippen LogP contribution < -0.4 is 10.0 Å². The van der Waals surface area contributed by atoms with Crippen LogP contribution in [0.3, 0.4) is 0 Å². The smallest absolute Gasteiger partial charge is 0.242 e. The lowest BCUT2D eigenvalue weighted by Gasteiger charge is -2.24. The van der Waals surface area contributed by atoms with Gasteiger partial charge >= 0.3 is 0 Å². The van der Waals surface area contributed by atoms with Crippen LogP contribution in [0.5, 0.6) is 0 Å². The number of hydrogen-bond acceptors (Lipinski definition) is 4. The third kappa shape index (κ3) is 3.18. The lowest BCUT2D eigenvalue weighted by molar-refractivity contribution is 0.588. The maximum atomic E-state index is 11.9. The lowest BCUT2D eigenvalue weighted by atomic mass is 10.1. The van der Waals surface area contributed by atoms with Crippen LogP contribution in [0, 0.1) is 0 Å². The van der Waals surface area contributed by atoms with Crippen molar-refractivity contribution in [2.75, 3.05) is 23.9 Å². The molecule has 0 radical (unpaired) electrons. The second-order valence-corrected chi connectivity index (χ2v) is 7.31. The van der Waals surface area contributed by atoms with Gasteiger partial charge in [-0.05, 0) is 43.5 Å². The van der Waals surface area contributed by atoms with Crippen LogP contribution in [0.2, 0.25) is 0 Å². The highest BCUT2D eigenvalue weighted by Crippen LogP contribution is 2.25. The highest BCUT2D eigenvalue weighted by atomic mass is 32.2. The average molecular weight is 286 g/mol. The Morgan fingerprint density at radius 3 is 2.56 bits per heavy atom. The van der Waals surface area contributed by atoms with Gasteiger partial charge < -0.3 is 5.32 Å². The second kappa shape index (κ2) is 5.95. The molecule has 2 rings (SSSR count). The van der Waals surface area contributed by atoms with Gasteiger partial charge in [-0.15, -0.1) is 0 Å². The number of nitrogens with one attached hydrogen (secondary N) is 2. The van der Waals surface area contributed by atoms with Gasteiger partial charge in [0.25, 0.3) is 0 Å². The SMILES string of the molecule is CNS(=O)(=O)c1ccccc1NC1CCSCC1. The predicted octanol–water partition coefficient (Wildman–Crippen LogP) is 1.90. The Balaban J connectivity index is 2.22. The summed E-state index contributed by atoms with van der Waals surface area (Å²) in [6.07, 6.45) is 2.16. The van der Waals surface area contributed by atoms with Crippen molar-refractivity contribution in [3.63, 3.8) is 0 Å². The van der Waals surface area contributed by atoms with Crippen molar-refractivity contribution in [2.24, 2.45) is 0 Å². The van der Waals surface area contributed by atoms with Crippen molar-refractivity contribution >= 4 is 27.5 Å². The quantitative estimate of drug-likeness (QED) is 0.887. The third-order valence-corrected chi connectivity index (χ3v) is 5.55. The molecule has 18 heavy (non-hydrogen) atoms. The topological polar surface area (TPSA) is 58.2 Å². The molecule has 0 spiro atoms. The Labute approximate surface area is 113 Å². The predicted molar refractivity (Wildman–Crippen MR) is 76.7 cm³/mol. The zero-order valence-electron chi connectivity index (χ0n) is 10.3. The maximum absolute atomic E-state index is 11.9. The number of sulfonamides is 1. The summed E-state index contributed by atoms with van der Waals surface area (Å²) >= 11 is 1.95. The van der Waals surface area contributed by atoms with Crippen molar-refractivity contribution in [3.05, 3.63) is 24.3 Å². The summed E-state index contributed by atoms with van der Waals surface area (Å²) in [5, 5.41) is 3.36. The normalized spacial score (nSPS) is 17.6. The highest BCUT2D eigenvalue weighted by molar-refractivity contribution is 7.99. The van der Waals surface area contributed by atoms with Crippen molar-refractivity contribution in [1.29, 1.82) is 0 Å². The molecule has 1 fully saturated rings. The zero-order chi connectivity index (χ0) is 13.0. The van der Waals surface area contributed by atoms with E-state index in [9.17, 15) is 8.42 Å². The van der Waals surface area contributed by atoms with Crippen LogP contribution in [0.25, 0.3) is 0 Å². The molecule has 1 aromatic carbocycles. The van der Waals surface area contributed by atoms with Crippen molar-refractivity contribution < 1.29 is 8.42 Å². The molecular formula is C12H18N2O2S2. The number of rotatable bonds is 4. The van der Waals surface area contributed by atoms with Crippen molar-refractivity contribution in [1.82, 2.24) is 4.72 Å². The van der Waals surface area contributed by atoms with Crippen LogP contribution >= 0.6 is 11.8 Å². The molecule has 1 aliphatic heterocycles. The summed E-state index contributed by atoms with van der Waals surface area (Å²) in [4.78, 5) is 0.325. The number of thioether (sulfide) groups is 1. The molecule has 0 aromatic heterocycles. The van der Waals surface area contributed by atoms with E-state index >= 15 is 0 Å². The Hall–Kier alpha value is -0.720.